The Bertz CT molecular complexity index is 604. The van der Waals surface area contributed by atoms with Crippen molar-refractivity contribution >= 4 is 15.9 Å². The van der Waals surface area contributed by atoms with Gasteiger partial charge in [-0.05, 0) is 23.3 Å². The van der Waals surface area contributed by atoms with E-state index in [0.29, 0.717) is 0 Å². The molecule has 0 bridgehead atoms. The maximum atomic E-state index is 11.1. The summed E-state index contributed by atoms with van der Waals surface area (Å²) in [7, 11) is 0. The van der Waals surface area contributed by atoms with Gasteiger partial charge >= 0.3 is 0 Å². The molecule has 0 aliphatic heterocycles. The van der Waals surface area contributed by atoms with E-state index in [-0.39, 0.29) is 5.56 Å². The SMILES string of the molecule is O=c1cc2c(n[nH]1)-c1ccc(Br)cc1C2. The smallest absolute Gasteiger partial charge is 0.264 e. The Labute approximate surface area is 94.3 Å². The van der Waals surface area contributed by atoms with E-state index in [1.807, 2.05) is 12.1 Å². The zero-order chi connectivity index (χ0) is 10.4. The molecular weight excluding hydrogens is 256 g/mol. The van der Waals surface area contributed by atoms with E-state index in [1.165, 1.54) is 5.56 Å². The van der Waals surface area contributed by atoms with E-state index < -0.39 is 0 Å². The van der Waals surface area contributed by atoms with Crippen LogP contribution in [0.25, 0.3) is 11.3 Å². The summed E-state index contributed by atoms with van der Waals surface area (Å²) in [6, 6.07) is 7.70. The van der Waals surface area contributed by atoms with E-state index in [1.54, 1.807) is 6.07 Å². The molecule has 0 unspecified atom stereocenters. The number of nitrogens with zero attached hydrogens (tertiary/aromatic N) is 1. The second-order valence-electron chi connectivity index (χ2n) is 3.58. The molecular formula is C11H7BrN2O. The van der Waals surface area contributed by atoms with Crippen LogP contribution in [0.2, 0.25) is 0 Å². The van der Waals surface area contributed by atoms with Gasteiger partial charge in [-0.15, -0.1) is 0 Å². The van der Waals surface area contributed by atoms with Crippen molar-refractivity contribution in [3.63, 3.8) is 0 Å². The van der Waals surface area contributed by atoms with Gasteiger partial charge in [0.2, 0.25) is 0 Å². The second kappa shape index (κ2) is 3.03. The summed E-state index contributed by atoms with van der Waals surface area (Å²) in [4.78, 5) is 11.1. The molecule has 0 saturated carbocycles. The predicted molar refractivity (Wildman–Crippen MR) is 60.8 cm³/mol. The number of nitrogens with one attached hydrogen (secondary N) is 1. The fourth-order valence-electron chi connectivity index (χ4n) is 1.95. The third-order valence-electron chi connectivity index (χ3n) is 2.59. The quantitative estimate of drug-likeness (QED) is 0.675. The first kappa shape index (κ1) is 8.85. The normalized spacial score (nSPS) is 12.3. The van der Waals surface area contributed by atoms with Crippen LogP contribution >= 0.6 is 15.9 Å². The van der Waals surface area contributed by atoms with Crippen LogP contribution in [0.1, 0.15) is 11.1 Å². The molecule has 3 nitrogen and oxygen atoms in total. The number of H-pyrrole nitrogens is 1. The maximum Gasteiger partial charge on any atom is 0.264 e. The lowest BCUT2D eigenvalue weighted by Gasteiger charge is -1.98. The van der Waals surface area contributed by atoms with Gasteiger partial charge in [-0.2, -0.15) is 5.10 Å². The molecule has 3 rings (SSSR count). The molecule has 0 amide bonds. The highest BCUT2D eigenvalue weighted by Gasteiger charge is 2.20. The number of hydrogen-bond donors (Lipinski definition) is 1. The zero-order valence-electron chi connectivity index (χ0n) is 7.75. The van der Waals surface area contributed by atoms with Gasteiger partial charge in [0.25, 0.3) is 5.56 Å². The van der Waals surface area contributed by atoms with Crippen molar-refractivity contribution in [2.24, 2.45) is 0 Å². The summed E-state index contributed by atoms with van der Waals surface area (Å²) < 4.78 is 1.06. The van der Waals surface area contributed by atoms with Crippen molar-refractivity contribution in [1.82, 2.24) is 10.2 Å². The van der Waals surface area contributed by atoms with Crippen LogP contribution in [0.3, 0.4) is 0 Å². The fourth-order valence-corrected chi connectivity index (χ4v) is 2.36. The Kier molecular flexibility index (Phi) is 1.79. The van der Waals surface area contributed by atoms with E-state index in [4.69, 9.17) is 0 Å². The van der Waals surface area contributed by atoms with Crippen LogP contribution in [0.4, 0.5) is 0 Å². The van der Waals surface area contributed by atoms with Crippen LogP contribution in [-0.2, 0) is 6.42 Å². The highest BCUT2D eigenvalue weighted by atomic mass is 79.9. The van der Waals surface area contributed by atoms with Gasteiger partial charge in [0.05, 0.1) is 5.69 Å². The summed E-state index contributed by atoms with van der Waals surface area (Å²) >= 11 is 3.43. The summed E-state index contributed by atoms with van der Waals surface area (Å²) in [5, 5.41) is 6.55. The molecule has 1 aromatic carbocycles. The van der Waals surface area contributed by atoms with Gasteiger partial charge in [-0.25, -0.2) is 5.10 Å². The molecule has 0 saturated heterocycles. The topological polar surface area (TPSA) is 45.8 Å². The Morgan fingerprint density at radius 2 is 2.13 bits per heavy atom. The van der Waals surface area contributed by atoms with Gasteiger partial charge in [0, 0.05) is 22.5 Å². The first-order chi connectivity index (χ1) is 7.24. The van der Waals surface area contributed by atoms with Gasteiger partial charge in [-0.3, -0.25) is 4.79 Å². The Morgan fingerprint density at radius 1 is 1.27 bits per heavy atom. The first-order valence-corrected chi connectivity index (χ1v) is 5.41. The molecule has 0 radical (unpaired) electrons. The summed E-state index contributed by atoms with van der Waals surface area (Å²) in [5.74, 6) is 0. The first-order valence-electron chi connectivity index (χ1n) is 4.61. The van der Waals surface area contributed by atoms with E-state index in [9.17, 15) is 4.79 Å². The minimum Gasteiger partial charge on any atom is -0.268 e. The Morgan fingerprint density at radius 3 is 3.00 bits per heavy atom. The molecule has 1 heterocycles. The van der Waals surface area contributed by atoms with Crippen LogP contribution in [0.5, 0.6) is 0 Å². The molecule has 74 valence electrons. The van der Waals surface area contributed by atoms with Crippen molar-refractivity contribution in [1.29, 1.82) is 0 Å². The standard InChI is InChI=1S/C11H7BrN2O/c12-8-1-2-9-6(4-8)3-7-5-10(15)13-14-11(7)9/h1-2,4-5H,3H2,(H,13,15). The second-order valence-corrected chi connectivity index (χ2v) is 4.50. The third kappa shape index (κ3) is 1.33. The third-order valence-corrected chi connectivity index (χ3v) is 3.08. The molecule has 1 aliphatic carbocycles. The van der Waals surface area contributed by atoms with Gasteiger partial charge in [0.1, 0.15) is 0 Å². The van der Waals surface area contributed by atoms with Crippen molar-refractivity contribution in [3.8, 4) is 11.3 Å². The van der Waals surface area contributed by atoms with E-state index >= 15 is 0 Å². The molecule has 0 fully saturated rings. The molecule has 2 aromatic rings. The van der Waals surface area contributed by atoms with Crippen molar-refractivity contribution in [2.45, 2.75) is 6.42 Å². The Hall–Kier alpha value is -1.42. The number of rotatable bonds is 0. The highest BCUT2D eigenvalue weighted by Crippen LogP contribution is 2.35. The average Bonchev–Trinajstić information content (AvgIpc) is 2.53. The van der Waals surface area contributed by atoms with Crippen molar-refractivity contribution in [3.05, 3.63) is 50.2 Å². The molecule has 0 atom stereocenters. The predicted octanol–water partition coefficient (Wildman–Crippen LogP) is 2.10. The number of aromatic nitrogens is 2. The maximum absolute atomic E-state index is 11.1. The number of hydrogen-bond acceptors (Lipinski definition) is 2. The van der Waals surface area contributed by atoms with Gasteiger partial charge in [0.15, 0.2) is 0 Å². The minimum atomic E-state index is -0.138. The summed E-state index contributed by atoms with van der Waals surface area (Å²) in [6.07, 6.45) is 0.793. The molecule has 1 N–H and O–H groups in total. The lowest BCUT2D eigenvalue weighted by Crippen LogP contribution is -2.07. The zero-order valence-corrected chi connectivity index (χ0v) is 9.34. The van der Waals surface area contributed by atoms with Crippen LogP contribution in [-0.4, -0.2) is 10.2 Å². The minimum absolute atomic E-state index is 0.138. The number of aromatic amines is 1. The van der Waals surface area contributed by atoms with Crippen LogP contribution in [0, 0.1) is 0 Å². The van der Waals surface area contributed by atoms with Crippen LogP contribution < -0.4 is 5.56 Å². The number of fused-ring (bicyclic) bond motifs is 3. The monoisotopic (exact) mass is 262 g/mol. The number of halogens is 1. The van der Waals surface area contributed by atoms with E-state index in [0.717, 1.165) is 27.7 Å². The summed E-state index contributed by atoms with van der Waals surface area (Å²) in [5.41, 5.74) is 4.10. The largest absolute Gasteiger partial charge is 0.268 e. The number of benzene rings is 1. The molecule has 15 heavy (non-hydrogen) atoms. The summed E-state index contributed by atoms with van der Waals surface area (Å²) in [6.45, 7) is 0. The van der Waals surface area contributed by atoms with Crippen molar-refractivity contribution in [2.75, 3.05) is 0 Å². The highest BCUT2D eigenvalue weighted by molar-refractivity contribution is 9.10. The molecule has 1 aromatic heterocycles. The molecule has 1 aliphatic rings. The average molecular weight is 263 g/mol. The fraction of sp³-hybridized carbons (Fsp3) is 0.0909. The van der Waals surface area contributed by atoms with E-state index in [2.05, 4.69) is 32.2 Å². The molecule has 4 heteroatoms. The van der Waals surface area contributed by atoms with Crippen LogP contribution in [0.15, 0.2) is 33.5 Å². The van der Waals surface area contributed by atoms with Crippen molar-refractivity contribution < 1.29 is 0 Å². The van der Waals surface area contributed by atoms with Gasteiger partial charge < -0.3 is 0 Å². The lowest BCUT2D eigenvalue weighted by molar-refractivity contribution is 0.983. The lowest BCUT2D eigenvalue weighted by atomic mass is 10.1. The Balaban J connectivity index is 2.28. The van der Waals surface area contributed by atoms with Gasteiger partial charge in [-0.1, -0.05) is 22.0 Å². The molecule has 0 spiro atoms.